The van der Waals surface area contributed by atoms with E-state index >= 15 is 0 Å². The van der Waals surface area contributed by atoms with Gasteiger partial charge in [-0.2, -0.15) is 5.10 Å². The maximum atomic E-state index is 13.4. The second-order valence-electron chi connectivity index (χ2n) is 7.45. The number of anilines is 1. The first kappa shape index (κ1) is 15.2. The van der Waals surface area contributed by atoms with Gasteiger partial charge >= 0.3 is 0 Å². The zero-order valence-corrected chi connectivity index (χ0v) is 14.3. The Labute approximate surface area is 140 Å². The van der Waals surface area contributed by atoms with Gasteiger partial charge in [-0.25, -0.2) is 4.39 Å². The zero-order valence-electron chi connectivity index (χ0n) is 13.6. The lowest BCUT2D eigenvalue weighted by atomic mass is 9.99. The molecular weight excluding hydrogens is 315 g/mol. The quantitative estimate of drug-likeness (QED) is 0.929. The molecule has 1 saturated carbocycles. The largest absolute Gasteiger partial charge is 0.346 e. The minimum atomic E-state index is -0.396. The topological polar surface area (TPSA) is 35.2 Å². The highest BCUT2D eigenvalue weighted by Gasteiger charge is 2.54. The lowest BCUT2D eigenvalue weighted by molar-refractivity contribution is 0.0669. The minimum absolute atomic E-state index is 0.0893. The first-order valence-electron chi connectivity index (χ1n) is 8.18. The molecule has 1 aliphatic heterocycles. The summed E-state index contributed by atoms with van der Waals surface area (Å²) in [6.07, 6.45) is 2.26. The number of nitrogens with one attached hydrogen (secondary N) is 1. The van der Waals surface area contributed by atoms with Crippen LogP contribution in [0.3, 0.4) is 0 Å². The molecule has 0 radical (unpaired) electrons. The van der Waals surface area contributed by atoms with E-state index in [4.69, 9.17) is 11.6 Å². The summed E-state index contributed by atoms with van der Waals surface area (Å²) in [7, 11) is 0. The summed E-state index contributed by atoms with van der Waals surface area (Å²) in [6, 6.07) is 5.84. The van der Waals surface area contributed by atoms with E-state index in [0.717, 1.165) is 54.2 Å². The molecular formula is C17H22ClFN4. The number of aromatic amines is 1. The molecule has 23 heavy (non-hydrogen) atoms. The number of hydrogen-bond acceptors (Lipinski definition) is 3. The second-order valence-corrected chi connectivity index (χ2v) is 7.86. The summed E-state index contributed by atoms with van der Waals surface area (Å²) >= 11 is 6.41. The highest BCUT2D eigenvalue weighted by atomic mass is 35.5. The average molecular weight is 337 g/mol. The first-order chi connectivity index (χ1) is 11.0. The Kier molecular flexibility index (Phi) is 3.36. The van der Waals surface area contributed by atoms with Crippen LogP contribution >= 0.6 is 11.6 Å². The van der Waals surface area contributed by atoms with Gasteiger partial charge in [0.2, 0.25) is 0 Å². The lowest BCUT2D eigenvalue weighted by Crippen LogP contribution is -2.61. The van der Waals surface area contributed by atoms with E-state index < -0.39 is 5.54 Å². The van der Waals surface area contributed by atoms with Gasteiger partial charge in [0.25, 0.3) is 0 Å². The molecule has 1 aromatic carbocycles. The number of H-pyrrole nitrogens is 1. The Morgan fingerprint density at radius 1 is 1.35 bits per heavy atom. The van der Waals surface area contributed by atoms with Gasteiger partial charge in [0.15, 0.2) is 5.82 Å². The fourth-order valence-corrected chi connectivity index (χ4v) is 3.95. The summed E-state index contributed by atoms with van der Waals surface area (Å²) in [5.74, 6) is 0.945. The molecule has 6 heteroatoms. The number of aromatic nitrogens is 2. The molecule has 2 fully saturated rings. The van der Waals surface area contributed by atoms with Crippen LogP contribution in [0.25, 0.3) is 10.9 Å². The van der Waals surface area contributed by atoms with Crippen molar-refractivity contribution in [2.75, 3.05) is 31.2 Å². The average Bonchev–Trinajstić information content (AvgIpc) is 3.15. The van der Waals surface area contributed by atoms with Crippen LogP contribution in [-0.2, 0) is 0 Å². The van der Waals surface area contributed by atoms with Crippen molar-refractivity contribution in [2.24, 2.45) is 0 Å². The number of halogens is 2. The third-order valence-corrected chi connectivity index (χ3v) is 5.75. The molecule has 1 aromatic heterocycles. The molecule has 2 heterocycles. The Balaban J connectivity index is 1.69. The van der Waals surface area contributed by atoms with Crippen molar-refractivity contribution >= 4 is 28.3 Å². The molecule has 4 nitrogen and oxygen atoms in total. The van der Waals surface area contributed by atoms with E-state index in [-0.39, 0.29) is 12.2 Å². The predicted octanol–water partition coefficient (Wildman–Crippen LogP) is 3.62. The number of nitrogens with zero attached hydrogens (tertiary/aromatic N) is 3. The summed E-state index contributed by atoms with van der Waals surface area (Å²) in [6.45, 7) is 6.24. The number of alkyl halides is 1. The lowest BCUT2D eigenvalue weighted by Gasteiger charge is -2.48. The van der Waals surface area contributed by atoms with Gasteiger partial charge in [-0.05, 0) is 38.8 Å². The monoisotopic (exact) mass is 336 g/mol. The number of rotatable bonds is 3. The zero-order chi connectivity index (χ0) is 16.2. The van der Waals surface area contributed by atoms with Crippen LogP contribution in [0.5, 0.6) is 0 Å². The Morgan fingerprint density at radius 3 is 2.83 bits per heavy atom. The highest BCUT2D eigenvalue weighted by Crippen LogP contribution is 2.49. The second kappa shape index (κ2) is 5.08. The van der Waals surface area contributed by atoms with Crippen molar-refractivity contribution in [2.45, 2.75) is 37.8 Å². The molecule has 1 N–H and O–H groups in total. The van der Waals surface area contributed by atoms with Gasteiger partial charge in [0.1, 0.15) is 6.67 Å². The van der Waals surface area contributed by atoms with E-state index in [1.807, 2.05) is 32.0 Å². The SMILES string of the molecule is CC(C)(CF)N1CCN(c2n[nH]c3cccc(Cl)c23)C2(CC2)C1. The van der Waals surface area contributed by atoms with Crippen molar-refractivity contribution in [3.63, 3.8) is 0 Å². The smallest absolute Gasteiger partial charge is 0.160 e. The van der Waals surface area contributed by atoms with Gasteiger partial charge in [-0.3, -0.25) is 10.00 Å². The van der Waals surface area contributed by atoms with Gasteiger partial charge < -0.3 is 4.90 Å². The van der Waals surface area contributed by atoms with Crippen LogP contribution in [0.15, 0.2) is 18.2 Å². The maximum Gasteiger partial charge on any atom is 0.160 e. The fraction of sp³-hybridized carbons (Fsp3) is 0.588. The van der Waals surface area contributed by atoms with Gasteiger partial charge in [-0.1, -0.05) is 17.7 Å². The Morgan fingerprint density at radius 2 is 2.13 bits per heavy atom. The predicted molar refractivity (Wildman–Crippen MR) is 92.0 cm³/mol. The fourth-order valence-electron chi connectivity index (χ4n) is 3.69. The molecule has 2 aliphatic rings. The maximum absolute atomic E-state index is 13.4. The van der Waals surface area contributed by atoms with Gasteiger partial charge in [-0.15, -0.1) is 0 Å². The van der Waals surface area contributed by atoms with Crippen molar-refractivity contribution in [3.8, 4) is 0 Å². The number of piperazine rings is 1. The van der Waals surface area contributed by atoms with Gasteiger partial charge in [0.05, 0.1) is 21.5 Å². The molecule has 1 aliphatic carbocycles. The van der Waals surface area contributed by atoms with Crippen molar-refractivity contribution in [1.82, 2.24) is 15.1 Å². The van der Waals surface area contributed by atoms with Crippen LogP contribution in [-0.4, -0.2) is 52.5 Å². The minimum Gasteiger partial charge on any atom is -0.346 e. The summed E-state index contributed by atoms with van der Waals surface area (Å²) in [5, 5.41) is 9.37. The highest BCUT2D eigenvalue weighted by molar-refractivity contribution is 6.36. The normalized spacial score (nSPS) is 21.3. The molecule has 0 bridgehead atoms. The van der Waals surface area contributed by atoms with Crippen molar-refractivity contribution in [1.29, 1.82) is 0 Å². The van der Waals surface area contributed by atoms with Crippen LogP contribution in [0, 0.1) is 0 Å². The molecule has 1 spiro atoms. The summed E-state index contributed by atoms with van der Waals surface area (Å²) in [5.41, 5.74) is 0.661. The van der Waals surface area contributed by atoms with E-state index in [9.17, 15) is 4.39 Å². The standard InChI is InChI=1S/C17H22ClFN4/c1-16(2,10-19)22-8-9-23(17(11-22)6-7-17)15-14-12(18)4-3-5-13(14)20-21-15/h3-5H,6-11H2,1-2H3,(H,20,21). The molecule has 0 amide bonds. The summed E-state index contributed by atoms with van der Waals surface area (Å²) in [4.78, 5) is 4.68. The molecule has 1 saturated heterocycles. The third kappa shape index (κ3) is 2.32. The van der Waals surface area contributed by atoms with E-state index in [1.165, 1.54) is 0 Å². The molecule has 0 unspecified atom stereocenters. The molecule has 0 atom stereocenters. The molecule has 4 rings (SSSR count). The molecule has 2 aromatic rings. The number of fused-ring (bicyclic) bond motifs is 1. The number of hydrogen-bond donors (Lipinski definition) is 1. The van der Waals surface area contributed by atoms with E-state index in [2.05, 4.69) is 20.0 Å². The van der Waals surface area contributed by atoms with E-state index in [0.29, 0.717) is 0 Å². The van der Waals surface area contributed by atoms with Crippen LogP contribution in [0.4, 0.5) is 10.2 Å². The Hall–Kier alpha value is -1.33. The number of benzene rings is 1. The van der Waals surface area contributed by atoms with Crippen molar-refractivity contribution in [3.05, 3.63) is 23.2 Å². The van der Waals surface area contributed by atoms with Crippen molar-refractivity contribution < 1.29 is 4.39 Å². The Bertz CT molecular complexity index is 737. The van der Waals surface area contributed by atoms with Crippen LogP contribution in [0.1, 0.15) is 26.7 Å². The summed E-state index contributed by atoms with van der Waals surface area (Å²) < 4.78 is 13.4. The van der Waals surface area contributed by atoms with Crippen LogP contribution in [0.2, 0.25) is 5.02 Å². The van der Waals surface area contributed by atoms with Crippen LogP contribution < -0.4 is 4.90 Å². The van der Waals surface area contributed by atoms with E-state index in [1.54, 1.807) is 0 Å². The first-order valence-corrected chi connectivity index (χ1v) is 8.56. The third-order valence-electron chi connectivity index (χ3n) is 5.44. The van der Waals surface area contributed by atoms with Gasteiger partial charge in [0, 0.05) is 25.2 Å². The molecule has 124 valence electrons.